The summed E-state index contributed by atoms with van der Waals surface area (Å²) in [6.45, 7) is 1.81. The molecule has 0 aliphatic carbocycles. The van der Waals surface area contributed by atoms with Crippen LogP contribution in [0.3, 0.4) is 0 Å². The molecule has 1 atom stereocenters. The summed E-state index contributed by atoms with van der Waals surface area (Å²) in [6.07, 6.45) is 4.87. The van der Waals surface area contributed by atoms with Crippen LogP contribution in [0.15, 0.2) is 107 Å². The number of rotatable bonds is 9. The van der Waals surface area contributed by atoms with Gasteiger partial charge in [-0.25, -0.2) is 0 Å². The first-order chi connectivity index (χ1) is 18.0. The molecule has 2 aromatic carbocycles. The lowest BCUT2D eigenvalue weighted by molar-refractivity contribution is -0.115. The van der Waals surface area contributed by atoms with Gasteiger partial charge in [0.25, 0.3) is 11.8 Å². The maximum absolute atomic E-state index is 13.2. The second kappa shape index (κ2) is 12.7. The highest BCUT2D eigenvalue weighted by molar-refractivity contribution is 8.00. The zero-order chi connectivity index (χ0) is 26.0. The summed E-state index contributed by atoms with van der Waals surface area (Å²) in [5.74, 6) is -0.976. The molecule has 3 N–H and O–H groups in total. The Morgan fingerprint density at radius 2 is 1.68 bits per heavy atom. The topological polar surface area (TPSA) is 100 Å². The normalized spacial score (nSPS) is 11.9. The minimum absolute atomic E-state index is 0.124. The van der Waals surface area contributed by atoms with Gasteiger partial charge in [0, 0.05) is 39.1 Å². The number of anilines is 2. The summed E-state index contributed by atoms with van der Waals surface area (Å²) < 4.78 is 0. The van der Waals surface area contributed by atoms with Crippen LogP contribution in [0.1, 0.15) is 22.2 Å². The van der Waals surface area contributed by atoms with E-state index in [1.807, 2.05) is 36.6 Å². The molecule has 9 heteroatoms. The van der Waals surface area contributed by atoms with Crippen molar-refractivity contribution in [1.29, 1.82) is 0 Å². The summed E-state index contributed by atoms with van der Waals surface area (Å²) in [5, 5.41) is 9.97. The van der Waals surface area contributed by atoms with Crippen molar-refractivity contribution in [3.8, 4) is 0 Å². The molecule has 0 fully saturated rings. The highest BCUT2D eigenvalue weighted by Crippen LogP contribution is 2.27. The molecule has 1 unspecified atom stereocenters. The van der Waals surface area contributed by atoms with Gasteiger partial charge in [-0.1, -0.05) is 30.3 Å². The molecular formula is C28H24N4O3S2. The van der Waals surface area contributed by atoms with Crippen molar-refractivity contribution in [2.75, 3.05) is 10.6 Å². The Balaban J connectivity index is 1.44. The maximum atomic E-state index is 13.2. The molecule has 0 aliphatic rings. The second-order valence-electron chi connectivity index (χ2n) is 7.86. The molecule has 2 aromatic heterocycles. The molecule has 2 heterocycles. The number of thiophene rings is 1. The Morgan fingerprint density at radius 3 is 2.41 bits per heavy atom. The van der Waals surface area contributed by atoms with E-state index in [0.29, 0.717) is 16.9 Å². The van der Waals surface area contributed by atoms with E-state index in [1.54, 1.807) is 73.1 Å². The van der Waals surface area contributed by atoms with Crippen LogP contribution in [-0.4, -0.2) is 28.0 Å². The Bertz CT molecular complexity index is 1390. The Labute approximate surface area is 223 Å². The van der Waals surface area contributed by atoms with E-state index < -0.39 is 5.91 Å². The van der Waals surface area contributed by atoms with Gasteiger partial charge in [-0.15, -0.1) is 23.1 Å². The number of hydrogen-bond donors (Lipinski definition) is 3. The van der Waals surface area contributed by atoms with Gasteiger partial charge in [-0.05, 0) is 66.9 Å². The highest BCUT2D eigenvalue weighted by Gasteiger charge is 2.17. The molecule has 0 bridgehead atoms. The van der Waals surface area contributed by atoms with Crippen molar-refractivity contribution in [3.05, 3.63) is 113 Å². The van der Waals surface area contributed by atoms with Crippen molar-refractivity contribution >= 4 is 58.3 Å². The lowest BCUT2D eigenvalue weighted by Gasteiger charge is -2.14. The molecule has 186 valence electrons. The first kappa shape index (κ1) is 25.9. The van der Waals surface area contributed by atoms with E-state index >= 15 is 0 Å². The average Bonchev–Trinajstić information content (AvgIpc) is 3.43. The number of nitrogens with one attached hydrogen (secondary N) is 3. The van der Waals surface area contributed by atoms with Crippen molar-refractivity contribution in [2.45, 2.75) is 17.1 Å². The van der Waals surface area contributed by atoms with Crippen LogP contribution in [0.5, 0.6) is 0 Å². The van der Waals surface area contributed by atoms with Crippen LogP contribution in [0.25, 0.3) is 6.08 Å². The van der Waals surface area contributed by atoms with Crippen LogP contribution in [0.4, 0.5) is 11.4 Å². The van der Waals surface area contributed by atoms with Crippen molar-refractivity contribution in [2.24, 2.45) is 0 Å². The second-order valence-corrected chi connectivity index (χ2v) is 10.3. The first-order valence-corrected chi connectivity index (χ1v) is 13.1. The zero-order valence-electron chi connectivity index (χ0n) is 19.9. The van der Waals surface area contributed by atoms with Crippen molar-refractivity contribution in [1.82, 2.24) is 10.3 Å². The Kier molecular flexibility index (Phi) is 8.85. The lowest BCUT2D eigenvalue weighted by atomic mass is 10.2. The lowest BCUT2D eigenvalue weighted by Crippen LogP contribution is -2.30. The molecule has 37 heavy (non-hydrogen) atoms. The van der Waals surface area contributed by atoms with Crippen LogP contribution < -0.4 is 16.0 Å². The number of hydrogen-bond acceptors (Lipinski definition) is 6. The fraction of sp³-hybridized carbons (Fsp3) is 0.0714. The van der Waals surface area contributed by atoms with Gasteiger partial charge in [0.2, 0.25) is 5.91 Å². The summed E-state index contributed by atoms with van der Waals surface area (Å²) in [6, 6.07) is 23.1. The summed E-state index contributed by atoms with van der Waals surface area (Å²) in [4.78, 5) is 44.1. The smallest absolute Gasteiger partial charge is 0.272 e. The summed E-state index contributed by atoms with van der Waals surface area (Å²) in [5.41, 5.74) is 1.79. The van der Waals surface area contributed by atoms with E-state index in [0.717, 1.165) is 9.77 Å². The molecule has 0 aliphatic heterocycles. The zero-order valence-corrected chi connectivity index (χ0v) is 21.5. The number of benzene rings is 2. The van der Waals surface area contributed by atoms with Gasteiger partial charge in [-0.3, -0.25) is 19.4 Å². The largest absolute Gasteiger partial charge is 0.325 e. The standard InChI is InChI=1S/C28H24N4O3S2/c1-19(26(33)30-21-12-14-29-15-13-21)37-24-10-5-9-22(17-24)31-28(35)25(18-23-11-6-16-36-23)32-27(34)20-7-3-2-4-8-20/h2-19H,1H3,(H,31,35)(H,32,34)(H,29,30,33)/b25-18-. The van der Waals surface area contributed by atoms with Gasteiger partial charge in [-0.2, -0.15) is 0 Å². The fourth-order valence-electron chi connectivity index (χ4n) is 3.24. The van der Waals surface area contributed by atoms with Crippen molar-refractivity contribution < 1.29 is 14.4 Å². The van der Waals surface area contributed by atoms with E-state index in [2.05, 4.69) is 20.9 Å². The summed E-state index contributed by atoms with van der Waals surface area (Å²) in [7, 11) is 0. The highest BCUT2D eigenvalue weighted by atomic mass is 32.2. The van der Waals surface area contributed by atoms with Crippen molar-refractivity contribution in [3.63, 3.8) is 0 Å². The van der Waals surface area contributed by atoms with Crippen LogP contribution in [0, 0.1) is 0 Å². The predicted molar refractivity (Wildman–Crippen MR) is 149 cm³/mol. The van der Waals surface area contributed by atoms with Crippen LogP contribution >= 0.6 is 23.1 Å². The molecular weight excluding hydrogens is 504 g/mol. The van der Waals surface area contributed by atoms with E-state index in [1.165, 1.54) is 23.1 Å². The van der Waals surface area contributed by atoms with E-state index in [-0.39, 0.29) is 22.8 Å². The van der Waals surface area contributed by atoms with Crippen LogP contribution in [-0.2, 0) is 9.59 Å². The van der Waals surface area contributed by atoms with Gasteiger partial charge >= 0.3 is 0 Å². The third kappa shape index (κ3) is 7.63. The average molecular weight is 529 g/mol. The molecule has 3 amide bonds. The maximum Gasteiger partial charge on any atom is 0.272 e. The molecule has 4 aromatic rings. The number of aromatic nitrogens is 1. The van der Waals surface area contributed by atoms with E-state index in [9.17, 15) is 14.4 Å². The van der Waals surface area contributed by atoms with E-state index in [4.69, 9.17) is 0 Å². The first-order valence-electron chi connectivity index (χ1n) is 11.4. The number of pyridine rings is 1. The minimum atomic E-state index is -0.455. The van der Waals surface area contributed by atoms with Gasteiger partial charge < -0.3 is 16.0 Å². The molecule has 0 saturated carbocycles. The van der Waals surface area contributed by atoms with Crippen LogP contribution in [0.2, 0.25) is 0 Å². The number of thioether (sulfide) groups is 1. The minimum Gasteiger partial charge on any atom is -0.325 e. The Hall–Kier alpha value is -4.21. The Morgan fingerprint density at radius 1 is 0.892 bits per heavy atom. The molecule has 0 spiro atoms. The third-order valence-corrected chi connectivity index (χ3v) is 6.99. The quantitative estimate of drug-likeness (QED) is 0.192. The van der Waals surface area contributed by atoms with Gasteiger partial charge in [0.05, 0.1) is 5.25 Å². The number of carbonyl (C=O) groups excluding carboxylic acids is 3. The number of carbonyl (C=O) groups is 3. The summed E-state index contributed by atoms with van der Waals surface area (Å²) >= 11 is 2.83. The molecule has 4 rings (SSSR count). The third-order valence-electron chi connectivity index (χ3n) is 5.08. The molecule has 0 saturated heterocycles. The SMILES string of the molecule is CC(Sc1cccc(NC(=O)/C(=C/c2cccs2)NC(=O)c2ccccc2)c1)C(=O)Nc1ccncc1. The number of nitrogens with zero attached hydrogens (tertiary/aromatic N) is 1. The fourth-order valence-corrected chi connectivity index (χ4v) is 4.82. The van der Waals surface area contributed by atoms with Gasteiger partial charge in [0.1, 0.15) is 5.70 Å². The monoisotopic (exact) mass is 528 g/mol. The molecule has 0 radical (unpaired) electrons. The number of amides is 3. The predicted octanol–water partition coefficient (Wildman–Crippen LogP) is 5.67. The molecule has 7 nitrogen and oxygen atoms in total. The van der Waals surface area contributed by atoms with Gasteiger partial charge in [0.15, 0.2) is 0 Å².